The average molecular weight is 174 g/mol. The molecule has 0 aromatic heterocycles. The van der Waals surface area contributed by atoms with E-state index in [9.17, 15) is 9.59 Å². The minimum Gasteiger partial charge on any atom is -0.350 e. The Morgan fingerprint density at radius 1 is 1.17 bits per heavy atom. The molecule has 0 amide bonds. The number of aldehydes is 2. The summed E-state index contributed by atoms with van der Waals surface area (Å²) in [6.45, 7) is 3.43. The molecule has 3 atom stereocenters. The highest BCUT2D eigenvalue weighted by molar-refractivity contribution is 5.55. The van der Waals surface area contributed by atoms with Gasteiger partial charge in [0, 0.05) is 13.0 Å². The molecule has 0 aliphatic rings. The van der Waals surface area contributed by atoms with Crippen LogP contribution in [0.2, 0.25) is 0 Å². The molecule has 0 heterocycles. The van der Waals surface area contributed by atoms with E-state index in [1.165, 1.54) is 7.11 Å². The third-order valence-electron chi connectivity index (χ3n) is 1.65. The highest BCUT2D eigenvalue weighted by Crippen LogP contribution is 2.06. The van der Waals surface area contributed by atoms with E-state index in [0.29, 0.717) is 6.29 Å². The first-order chi connectivity index (χ1) is 5.65. The van der Waals surface area contributed by atoms with Crippen LogP contribution in [-0.2, 0) is 19.1 Å². The molecular formula is C8H14O4. The second-order valence-corrected chi connectivity index (χ2v) is 2.58. The highest BCUT2D eigenvalue weighted by atomic mass is 16.7. The first kappa shape index (κ1) is 11.3. The monoisotopic (exact) mass is 174 g/mol. The van der Waals surface area contributed by atoms with Gasteiger partial charge >= 0.3 is 0 Å². The molecule has 3 unspecified atom stereocenters. The minimum atomic E-state index is -0.873. The maximum absolute atomic E-state index is 10.3. The lowest BCUT2D eigenvalue weighted by molar-refractivity contribution is -0.168. The molecule has 4 heteroatoms. The molecule has 12 heavy (non-hydrogen) atoms. The van der Waals surface area contributed by atoms with Crippen molar-refractivity contribution in [1.82, 2.24) is 0 Å². The molecule has 0 saturated heterocycles. The molecule has 0 N–H and O–H groups in total. The summed E-state index contributed by atoms with van der Waals surface area (Å²) in [4.78, 5) is 20.5. The van der Waals surface area contributed by atoms with Gasteiger partial charge in [-0.1, -0.05) is 6.92 Å². The lowest BCUT2D eigenvalue weighted by Crippen LogP contribution is -2.28. The summed E-state index contributed by atoms with van der Waals surface area (Å²) >= 11 is 0. The normalized spacial score (nSPS) is 17.9. The standard InChI is InChI=1S/C8H14O4/c1-6(4-9)7(2)12-8(5-10)11-3/h4-8H,1-3H3. The maximum atomic E-state index is 10.3. The molecule has 0 bridgehead atoms. The zero-order valence-electron chi connectivity index (χ0n) is 7.52. The minimum absolute atomic E-state index is 0.234. The van der Waals surface area contributed by atoms with Crippen molar-refractivity contribution in [2.24, 2.45) is 5.92 Å². The summed E-state index contributed by atoms with van der Waals surface area (Å²) < 4.78 is 9.74. The number of ether oxygens (including phenoxy) is 2. The average Bonchev–Trinajstić information content (AvgIpc) is 2.12. The van der Waals surface area contributed by atoms with Gasteiger partial charge in [0.2, 0.25) is 6.29 Å². The Kier molecular flexibility index (Phi) is 5.49. The van der Waals surface area contributed by atoms with E-state index in [1.54, 1.807) is 13.8 Å². The molecule has 0 rings (SSSR count). The van der Waals surface area contributed by atoms with Crippen molar-refractivity contribution in [3.8, 4) is 0 Å². The molecule has 0 saturated carbocycles. The number of carbonyl (C=O) groups excluding carboxylic acids is 2. The second kappa shape index (κ2) is 5.85. The van der Waals surface area contributed by atoms with Gasteiger partial charge < -0.3 is 14.3 Å². The van der Waals surface area contributed by atoms with Gasteiger partial charge in [-0.2, -0.15) is 0 Å². The number of hydrogen-bond donors (Lipinski definition) is 0. The van der Waals surface area contributed by atoms with Crippen LogP contribution in [-0.4, -0.2) is 32.1 Å². The van der Waals surface area contributed by atoms with Gasteiger partial charge in [0.1, 0.15) is 6.29 Å². The van der Waals surface area contributed by atoms with Gasteiger partial charge in [0.25, 0.3) is 0 Å². The molecule has 0 aliphatic carbocycles. The Balaban J connectivity index is 3.87. The summed E-state index contributed by atoms with van der Waals surface area (Å²) in [6.07, 6.45) is 0.149. The number of rotatable bonds is 6. The van der Waals surface area contributed by atoms with E-state index in [4.69, 9.17) is 4.74 Å². The van der Waals surface area contributed by atoms with E-state index in [1.807, 2.05) is 0 Å². The van der Waals surface area contributed by atoms with E-state index in [2.05, 4.69) is 4.74 Å². The number of methoxy groups -OCH3 is 1. The molecule has 0 aliphatic heterocycles. The third kappa shape index (κ3) is 3.59. The summed E-state index contributed by atoms with van der Waals surface area (Å²) in [5, 5.41) is 0. The molecule has 0 radical (unpaired) electrons. The van der Waals surface area contributed by atoms with Gasteiger partial charge in [0.15, 0.2) is 6.29 Å². The highest BCUT2D eigenvalue weighted by Gasteiger charge is 2.16. The van der Waals surface area contributed by atoms with Crippen LogP contribution < -0.4 is 0 Å². The molecule has 0 spiro atoms. The molecule has 0 fully saturated rings. The zero-order chi connectivity index (χ0) is 9.56. The molecule has 0 aromatic carbocycles. The number of hydrogen-bond acceptors (Lipinski definition) is 4. The molecule has 0 aromatic rings. The predicted molar refractivity (Wildman–Crippen MR) is 42.6 cm³/mol. The van der Waals surface area contributed by atoms with Crippen LogP contribution in [0.5, 0.6) is 0 Å². The topological polar surface area (TPSA) is 52.6 Å². The lowest BCUT2D eigenvalue weighted by Gasteiger charge is -2.18. The van der Waals surface area contributed by atoms with Crippen molar-refractivity contribution in [3.63, 3.8) is 0 Å². The van der Waals surface area contributed by atoms with Crippen LogP contribution in [0.25, 0.3) is 0 Å². The lowest BCUT2D eigenvalue weighted by atomic mass is 10.1. The van der Waals surface area contributed by atoms with E-state index in [-0.39, 0.29) is 12.0 Å². The van der Waals surface area contributed by atoms with Crippen molar-refractivity contribution in [1.29, 1.82) is 0 Å². The van der Waals surface area contributed by atoms with Crippen LogP contribution in [0.15, 0.2) is 0 Å². The van der Waals surface area contributed by atoms with Crippen LogP contribution in [0, 0.1) is 5.92 Å². The first-order valence-corrected chi connectivity index (χ1v) is 3.74. The van der Waals surface area contributed by atoms with Crippen molar-refractivity contribution in [2.45, 2.75) is 26.2 Å². The maximum Gasteiger partial charge on any atom is 0.214 e. The first-order valence-electron chi connectivity index (χ1n) is 3.74. The van der Waals surface area contributed by atoms with Crippen LogP contribution >= 0.6 is 0 Å². The predicted octanol–water partition coefficient (Wildman–Crippen LogP) is 0.398. The molecular weight excluding hydrogens is 160 g/mol. The summed E-state index contributed by atoms with van der Waals surface area (Å²) in [7, 11) is 1.37. The summed E-state index contributed by atoms with van der Waals surface area (Å²) in [5.41, 5.74) is 0. The van der Waals surface area contributed by atoms with E-state index < -0.39 is 6.29 Å². The Morgan fingerprint density at radius 2 is 1.75 bits per heavy atom. The number of carbonyl (C=O) groups is 2. The van der Waals surface area contributed by atoms with Gasteiger partial charge in [-0.25, -0.2) is 0 Å². The molecule has 70 valence electrons. The largest absolute Gasteiger partial charge is 0.350 e. The fourth-order valence-corrected chi connectivity index (χ4v) is 0.589. The SMILES string of the molecule is COC(C=O)OC(C)C(C)C=O. The Labute approximate surface area is 71.8 Å². The van der Waals surface area contributed by atoms with Crippen LogP contribution in [0.4, 0.5) is 0 Å². The van der Waals surface area contributed by atoms with Crippen molar-refractivity contribution in [3.05, 3.63) is 0 Å². The fourth-order valence-electron chi connectivity index (χ4n) is 0.589. The van der Waals surface area contributed by atoms with Crippen molar-refractivity contribution >= 4 is 12.6 Å². The van der Waals surface area contributed by atoms with Crippen LogP contribution in [0.3, 0.4) is 0 Å². The van der Waals surface area contributed by atoms with Crippen LogP contribution in [0.1, 0.15) is 13.8 Å². The zero-order valence-corrected chi connectivity index (χ0v) is 7.52. The van der Waals surface area contributed by atoms with E-state index in [0.717, 1.165) is 6.29 Å². The summed E-state index contributed by atoms with van der Waals surface area (Å²) in [6, 6.07) is 0. The quantitative estimate of drug-likeness (QED) is 0.432. The van der Waals surface area contributed by atoms with Crippen molar-refractivity contribution in [2.75, 3.05) is 7.11 Å². The fraction of sp³-hybridized carbons (Fsp3) is 0.750. The Hall–Kier alpha value is -0.740. The van der Waals surface area contributed by atoms with Gasteiger partial charge in [-0.3, -0.25) is 4.79 Å². The summed E-state index contributed by atoms with van der Waals surface area (Å²) in [5.74, 6) is -0.234. The Morgan fingerprint density at radius 3 is 2.08 bits per heavy atom. The third-order valence-corrected chi connectivity index (χ3v) is 1.65. The Bertz CT molecular complexity index is 146. The second-order valence-electron chi connectivity index (χ2n) is 2.58. The van der Waals surface area contributed by atoms with E-state index >= 15 is 0 Å². The van der Waals surface area contributed by atoms with Gasteiger partial charge in [-0.05, 0) is 6.92 Å². The van der Waals surface area contributed by atoms with Gasteiger partial charge in [-0.15, -0.1) is 0 Å². The molecule has 4 nitrogen and oxygen atoms in total. The van der Waals surface area contributed by atoms with Gasteiger partial charge in [0.05, 0.1) is 6.10 Å². The van der Waals surface area contributed by atoms with Crippen molar-refractivity contribution < 1.29 is 19.1 Å². The smallest absolute Gasteiger partial charge is 0.214 e.